The first-order chi connectivity index (χ1) is 5.36. The quantitative estimate of drug-likeness (QED) is 0.348. The molecule has 0 aliphatic carbocycles. The maximum atomic E-state index is 5.16. The van der Waals surface area contributed by atoms with E-state index >= 15 is 0 Å². The van der Waals surface area contributed by atoms with Crippen LogP contribution < -0.4 is 0 Å². The van der Waals surface area contributed by atoms with Crippen LogP contribution in [-0.4, -0.2) is 5.16 Å². The third-order valence-electron chi connectivity index (χ3n) is 1.21. The van der Waals surface area contributed by atoms with Crippen LogP contribution in [0.3, 0.4) is 0 Å². The van der Waals surface area contributed by atoms with Crippen molar-refractivity contribution in [2.24, 2.45) is 4.99 Å². The summed E-state index contributed by atoms with van der Waals surface area (Å²) in [7, 11) is 0. The van der Waals surface area contributed by atoms with Crippen LogP contribution in [-0.2, 0) is 0 Å². The van der Waals surface area contributed by atoms with Gasteiger partial charge in [-0.25, -0.2) is 0 Å². The van der Waals surface area contributed by atoms with Crippen molar-refractivity contribution < 1.29 is 0 Å². The summed E-state index contributed by atoms with van der Waals surface area (Å²) in [6.45, 7) is 0. The van der Waals surface area contributed by atoms with Gasteiger partial charge in [-0.15, -0.1) is 6.42 Å². The average Bonchev–Trinajstić information content (AvgIpc) is 2.07. The standard InChI is InChI=1S/C9H5NS/c1-2-8-3-5-9(6-4-8)10-7-11/h1,3-6H. The van der Waals surface area contributed by atoms with E-state index < -0.39 is 0 Å². The lowest BCUT2D eigenvalue weighted by Crippen LogP contribution is -1.69. The van der Waals surface area contributed by atoms with Crippen molar-refractivity contribution in [3.63, 3.8) is 0 Å². The van der Waals surface area contributed by atoms with Crippen LogP contribution >= 0.6 is 12.2 Å². The zero-order chi connectivity index (χ0) is 8.10. The normalized spacial score (nSPS) is 7.91. The van der Waals surface area contributed by atoms with Crippen LogP contribution in [0.25, 0.3) is 0 Å². The van der Waals surface area contributed by atoms with Gasteiger partial charge >= 0.3 is 0 Å². The third-order valence-corrected chi connectivity index (χ3v) is 1.30. The molecule has 0 saturated heterocycles. The zero-order valence-electron chi connectivity index (χ0n) is 5.74. The summed E-state index contributed by atoms with van der Waals surface area (Å²) in [6.07, 6.45) is 5.16. The molecule has 52 valence electrons. The number of aliphatic imine (C=N–C) groups is 1. The Kier molecular flexibility index (Phi) is 2.57. The Hall–Kier alpha value is -1.42. The van der Waals surface area contributed by atoms with E-state index in [0.717, 1.165) is 11.3 Å². The fraction of sp³-hybridized carbons (Fsp3) is 0. The summed E-state index contributed by atoms with van der Waals surface area (Å²) in [5, 5.41) is 2.28. The van der Waals surface area contributed by atoms with E-state index in [1.807, 2.05) is 12.1 Å². The molecule has 1 aromatic carbocycles. The molecule has 0 aliphatic heterocycles. The highest BCUT2D eigenvalue weighted by Gasteiger charge is 1.86. The first kappa shape index (κ1) is 7.68. The van der Waals surface area contributed by atoms with E-state index in [1.54, 1.807) is 12.1 Å². The maximum Gasteiger partial charge on any atom is 0.0740 e. The van der Waals surface area contributed by atoms with Gasteiger partial charge in [0.1, 0.15) is 0 Å². The highest BCUT2D eigenvalue weighted by molar-refractivity contribution is 7.78. The van der Waals surface area contributed by atoms with Crippen molar-refractivity contribution in [3.8, 4) is 12.3 Å². The minimum absolute atomic E-state index is 0.777. The van der Waals surface area contributed by atoms with E-state index in [-0.39, 0.29) is 0 Å². The summed E-state index contributed by atoms with van der Waals surface area (Å²) >= 11 is 4.44. The van der Waals surface area contributed by atoms with Gasteiger partial charge in [0.15, 0.2) is 0 Å². The highest BCUT2D eigenvalue weighted by Crippen LogP contribution is 2.10. The van der Waals surface area contributed by atoms with Crippen LogP contribution in [0.2, 0.25) is 0 Å². The Bertz CT molecular complexity index is 326. The molecule has 0 heterocycles. The first-order valence-corrected chi connectivity index (χ1v) is 3.42. The molecule has 0 spiro atoms. The van der Waals surface area contributed by atoms with Crippen LogP contribution in [0.4, 0.5) is 5.69 Å². The molecule has 0 bridgehead atoms. The SMILES string of the molecule is C#Cc1ccc(N=C=S)cc1. The molecular formula is C9H5NS. The fourth-order valence-corrected chi connectivity index (χ4v) is 0.790. The summed E-state index contributed by atoms with van der Waals surface area (Å²) in [4.78, 5) is 3.78. The summed E-state index contributed by atoms with van der Waals surface area (Å²) < 4.78 is 0. The maximum absolute atomic E-state index is 5.16. The van der Waals surface area contributed by atoms with Gasteiger partial charge in [-0.3, -0.25) is 0 Å². The number of nitrogens with zero attached hydrogens (tertiary/aromatic N) is 1. The van der Waals surface area contributed by atoms with Gasteiger partial charge < -0.3 is 0 Å². The topological polar surface area (TPSA) is 12.4 Å². The molecule has 0 aliphatic rings. The van der Waals surface area contributed by atoms with E-state index in [4.69, 9.17) is 6.42 Å². The van der Waals surface area contributed by atoms with Gasteiger partial charge in [-0.2, -0.15) is 4.99 Å². The van der Waals surface area contributed by atoms with Crippen LogP contribution in [0, 0.1) is 12.3 Å². The van der Waals surface area contributed by atoms with Crippen molar-refractivity contribution in [2.45, 2.75) is 0 Å². The molecule has 2 heteroatoms. The molecule has 0 fully saturated rings. The molecule has 0 radical (unpaired) electrons. The molecule has 0 amide bonds. The first-order valence-electron chi connectivity index (χ1n) is 3.01. The molecule has 1 rings (SSSR count). The van der Waals surface area contributed by atoms with Crippen molar-refractivity contribution in [1.82, 2.24) is 0 Å². The summed E-state index contributed by atoms with van der Waals surface area (Å²) in [5.41, 5.74) is 1.62. The molecule has 0 saturated carbocycles. The van der Waals surface area contributed by atoms with E-state index in [2.05, 4.69) is 28.3 Å². The number of hydrogen-bond donors (Lipinski definition) is 0. The number of terminal acetylenes is 1. The predicted molar refractivity (Wildman–Crippen MR) is 49.1 cm³/mol. The number of isothiocyanates is 1. The Morgan fingerprint density at radius 3 is 2.36 bits per heavy atom. The van der Waals surface area contributed by atoms with E-state index in [1.165, 1.54) is 0 Å². The molecule has 1 aromatic rings. The fourth-order valence-electron chi connectivity index (χ4n) is 0.685. The molecular weight excluding hydrogens is 154 g/mol. The number of hydrogen-bond acceptors (Lipinski definition) is 2. The number of benzene rings is 1. The Balaban J connectivity index is 3.02. The second-order valence-electron chi connectivity index (χ2n) is 1.89. The molecule has 11 heavy (non-hydrogen) atoms. The monoisotopic (exact) mass is 159 g/mol. The van der Waals surface area contributed by atoms with Crippen molar-refractivity contribution in [3.05, 3.63) is 29.8 Å². The second-order valence-corrected chi connectivity index (χ2v) is 2.08. The van der Waals surface area contributed by atoms with Gasteiger partial charge in [0.05, 0.1) is 10.8 Å². The van der Waals surface area contributed by atoms with Gasteiger partial charge in [-0.1, -0.05) is 5.92 Å². The lowest BCUT2D eigenvalue weighted by Gasteiger charge is -1.89. The highest BCUT2D eigenvalue weighted by atomic mass is 32.1. The second kappa shape index (κ2) is 3.68. The van der Waals surface area contributed by atoms with E-state index in [9.17, 15) is 0 Å². The third kappa shape index (κ3) is 2.01. The largest absolute Gasteiger partial charge is 0.195 e. The van der Waals surface area contributed by atoms with Crippen LogP contribution in [0.15, 0.2) is 29.3 Å². The number of thiocarbonyl (C=S) groups is 1. The average molecular weight is 159 g/mol. The molecule has 0 unspecified atom stereocenters. The molecule has 1 nitrogen and oxygen atoms in total. The number of rotatable bonds is 1. The minimum atomic E-state index is 0.777. The molecule has 0 atom stereocenters. The van der Waals surface area contributed by atoms with Crippen LogP contribution in [0.1, 0.15) is 5.56 Å². The lowest BCUT2D eigenvalue weighted by atomic mass is 10.2. The lowest BCUT2D eigenvalue weighted by molar-refractivity contribution is 1.53. The van der Waals surface area contributed by atoms with Gasteiger partial charge in [0, 0.05) is 5.56 Å². The van der Waals surface area contributed by atoms with Crippen molar-refractivity contribution >= 4 is 23.1 Å². The Morgan fingerprint density at radius 2 is 1.91 bits per heavy atom. The summed E-state index contributed by atoms with van der Waals surface area (Å²) in [5.74, 6) is 2.51. The predicted octanol–water partition coefficient (Wildman–Crippen LogP) is 2.40. The Labute approximate surface area is 70.8 Å². The minimum Gasteiger partial charge on any atom is -0.195 e. The smallest absolute Gasteiger partial charge is 0.0740 e. The molecule has 0 N–H and O–H groups in total. The van der Waals surface area contributed by atoms with E-state index in [0.29, 0.717) is 0 Å². The summed E-state index contributed by atoms with van der Waals surface area (Å²) in [6, 6.07) is 7.22. The molecule has 0 aromatic heterocycles. The van der Waals surface area contributed by atoms with Crippen LogP contribution in [0.5, 0.6) is 0 Å². The van der Waals surface area contributed by atoms with Crippen molar-refractivity contribution in [2.75, 3.05) is 0 Å². The van der Waals surface area contributed by atoms with Crippen molar-refractivity contribution in [1.29, 1.82) is 0 Å². The van der Waals surface area contributed by atoms with Gasteiger partial charge in [0.2, 0.25) is 0 Å². The zero-order valence-corrected chi connectivity index (χ0v) is 6.56. The Morgan fingerprint density at radius 1 is 1.27 bits per heavy atom. The van der Waals surface area contributed by atoms with Gasteiger partial charge in [-0.05, 0) is 36.5 Å². The van der Waals surface area contributed by atoms with Gasteiger partial charge in [0.25, 0.3) is 0 Å².